The van der Waals surface area contributed by atoms with Crippen LogP contribution in [0.1, 0.15) is 16.1 Å². The third kappa shape index (κ3) is 4.23. The number of hydrogen-bond acceptors (Lipinski definition) is 4. The van der Waals surface area contributed by atoms with Gasteiger partial charge in [0.05, 0.1) is 16.8 Å². The maximum atomic E-state index is 13.2. The minimum absolute atomic E-state index is 0.00491. The van der Waals surface area contributed by atoms with E-state index in [4.69, 9.17) is 21.1 Å². The summed E-state index contributed by atoms with van der Waals surface area (Å²) >= 11 is 6.07. The second-order valence-corrected chi connectivity index (χ2v) is 8.36. The molecule has 0 saturated heterocycles. The molecular weight excluding hydrogens is 450 g/mol. The molecule has 0 unspecified atom stereocenters. The summed E-state index contributed by atoms with van der Waals surface area (Å²) in [6.45, 7) is 0.264. The number of hydrogen-bond donors (Lipinski definition) is 0. The molecule has 0 N–H and O–H groups in total. The van der Waals surface area contributed by atoms with E-state index in [-0.39, 0.29) is 17.7 Å². The Hall–Kier alpha value is -4.16. The van der Waals surface area contributed by atoms with Crippen molar-refractivity contribution < 1.29 is 9.21 Å². The van der Waals surface area contributed by atoms with Gasteiger partial charge in [-0.3, -0.25) is 9.59 Å². The lowest BCUT2D eigenvalue weighted by Gasteiger charge is -2.16. The number of carbonyl (C=O) groups is 1. The lowest BCUT2D eigenvalue weighted by Crippen LogP contribution is -2.27. The van der Waals surface area contributed by atoms with E-state index in [0.29, 0.717) is 16.0 Å². The fraction of sp³-hybridized carbons (Fsp3) is 0.0741. The van der Waals surface area contributed by atoms with Gasteiger partial charge in [-0.1, -0.05) is 54.1 Å². The van der Waals surface area contributed by atoms with Crippen LogP contribution in [0.3, 0.4) is 0 Å². The molecule has 5 rings (SSSR count). The number of rotatable bonds is 5. The van der Waals surface area contributed by atoms with E-state index < -0.39 is 5.91 Å². The zero-order valence-electron chi connectivity index (χ0n) is 18.3. The highest BCUT2D eigenvalue weighted by molar-refractivity contribution is 6.30. The van der Waals surface area contributed by atoms with Crippen molar-refractivity contribution in [2.24, 2.45) is 0 Å². The Morgan fingerprint density at radius 2 is 1.71 bits per heavy atom. The van der Waals surface area contributed by atoms with Crippen LogP contribution in [0.25, 0.3) is 27.9 Å². The van der Waals surface area contributed by atoms with Crippen molar-refractivity contribution in [1.82, 2.24) is 14.7 Å². The molecule has 0 bridgehead atoms. The van der Waals surface area contributed by atoms with Gasteiger partial charge in [-0.15, -0.1) is 0 Å². The van der Waals surface area contributed by atoms with Crippen LogP contribution in [0.15, 0.2) is 100 Å². The molecule has 3 aromatic carbocycles. The molecule has 2 heterocycles. The summed E-state index contributed by atoms with van der Waals surface area (Å²) in [5.74, 6) is -0.396. The number of amides is 1. The number of fused-ring (bicyclic) bond motifs is 1. The fourth-order valence-corrected chi connectivity index (χ4v) is 3.94. The minimum atomic E-state index is -0.391. The Bertz CT molecular complexity index is 1540. The average Bonchev–Trinajstić information content (AvgIpc) is 3.28. The highest BCUT2D eigenvalue weighted by Crippen LogP contribution is 2.26. The molecule has 0 radical (unpaired) electrons. The van der Waals surface area contributed by atoms with E-state index >= 15 is 0 Å². The van der Waals surface area contributed by atoms with E-state index in [2.05, 4.69) is 0 Å². The van der Waals surface area contributed by atoms with E-state index in [9.17, 15) is 9.59 Å². The molecule has 0 aliphatic carbocycles. The van der Waals surface area contributed by atoms with Gasteiger partial charge >= 0.3 is 0 Å². The number of nitrogens with zero attached hydrogens (tertiary/aromatic N) is 3. The van der Waals surface area contributed by atoms with Gasteiger partial charge in [0.15, 0.2) is 11.2 Å². The molecule has 0 spiro atoms. The van der Waals surface area contributed by atoms with Crippen molar-refractivity contribution in [3.05, 3.63) is 118 Å². The molecule has 168 valence electrons. The topological polar surface area (TPSA) is 68.3 Å². The summed E-state index contributed by atoms with van der Waals surface area (Å²) in [6.07, 6.45) is 1.90. The highest BCUT2D eigenvalue weighted by Gasteiger charge is 2.20. The van der Waals surface area contributed by atoms with Gasteiger partial charge in [-0.05, 0) is 36.4 Å². The smallest absolute Gasteiger partial charge is 0.289 e. The number of aromatic nitrogens is 2. The monoisotopic (exact) mass is 469 g/mol. The maximum absolute atomic E-state index is 13.2. The molecule has 7 heteroatoms. The first-order valence-electron chi connectivity index (χ1n) is 10.7. The van der Waals surface area contributed by atoms with Gasteiger partial charge in [0.2, 0.25) is 0 Å². The van der Waals surface area contributed by atoms with Crippen LogP contribution in [0, 0.1) is 0 Å². The zero-order valence-corrected chi connectivity index (χ0v) is 19.1. The molecule has 2 aromatic heterocycles. The number of benzene rings is 3. The fourth-order valence-electron chi connectivity index (χ4n) is 3.81. The van der Waals surface area contributed by atoms with Crippen LogP contribution in [0.4, 0.5) is 0 Å². The largest absolute Gasteiger partial charge is 0.451 e. The Morgan fingerprint density at radius 1 is 1.00 bits per heavy atom. The van der Waals surface area contributed by atoms with Crippen LogP contribution in [0.5, 0.6) is 0 Å². The van der Waals surface area contributed by atoms with Crippen molar-refractivity contribution in [2.45, 2.75) is 6.54 Å². The lowest BCUT2D eigenvalue weighted by atomic mass is 10.1. The van der Waals surface area contributed by atoms with Crippen molar-refractivity contribution in [1.29, 1.82) is 0 Å². The summed E-state index contributed by atoms with van der Waals surface area (Å²) in [6, 6.07) is 25.3. The Labute approximate surface area is 200 Å². The average molecular weight is 470 g/mol. The first-order chi connectivity index (χ1) is 16.5. The van der Waals surface area contributed by atoms with E-state index in [1.54, 1.807) is 48.1 Å². The molecule has 5 aromatic rings. The van der Waals surface area contributed by atoms with Crippen LogP contribution < -0.4 is 5.43 Å². The van der Waals surface area contributed by atoms with Crippen molar-refractivity contribution in [3.63, 3.8) is 0 Å². The maximum Gasteiger partial charge on any atom is 0.289 e. The summed E-state index contributed by atoms with van der Waals surface area (Å²) in [5.41, 5.74) is 3.48. The van der Waals surface area contributed by atoms with Crippen molar-refractivity contribution >= 4 is 28.5 Å². The normalized spacial score (nSPS) is 11.0. The molecule has 0 aliphatic heterocycles. The number of halogens is 1. The SMILES string of the molecule is CN(Cc1cn(-c2ccccc2)nc1-c1ccc(Cl)cc1)C(=O)c1cc(=O)c2ccccc2o1. The molecular formula is C27H20ClN3O3. The standard InChI is InChI=1S/C27H20ClN3O3/c1-30(27(33)25-15-23(32)22-9-5-6-10-24(22)34-25)16-19-17-31(21-7-3-2-4-8-21)29-26(19)18-11-13-20(28)14-12-18/h2-15,17H,16H2,1H3. The lowest BCUT2D eigenvalue weighted by molar-refractivity contribution is 0.0754. The van der Waals surface area contributed by atoms with Gasteiger partial charge in [-0.25, -0.2) is 4.68 Å². The van der Waals surface area contributed by atoms with E-state index in [0.717, 1.165) is 22.5 Å². The summed E-state index contributed by atoms with van der Waals surface area (Å²) in [4.78, 5) is 27.1. The van der Waals surface area contributed by atoms with Gasteiger partial charge < -0.3 is 9.32 Å². The Morgan fingerprint density at radius 3 is 2.47 bits per heavy atom. The van der Waals surface area contributed by atoms with Gasteiger partial charge in [0.1, 0.15) is 5.58 Å². The highest BCUT2D eigenvalue weighted by atomic mass is 35.5. The first kappa shape index (κ1) is 21.7. The first-order valence-corrected chi connectivity index (χ1v) is 11.1. The van der Waals surface area contributed by atoms with Crippen LogP contribution >= 0.6 is 11.6 Å². The molecule has 0 aliphatic rings. The second kappa shape index (κ2) is 9.00. The summed E-state index contributed by atoms with van der Waals surface area (Å²) in [7, 11) is 1.67. The van der Waals surface area contributed by atoms with Crippen molar-refractivity contribution in [2.75, 3.05) is 7.05 Å². The Kier molecular flexibility index (Phi) is 5.74. The number of carbonyl (C=O) groups excluding carboxylic acids is 1. The molecule has 0 atom stereocenters. The summed E-state index contributed by atoms with van der Waals surface area (Å²) in [5, 5.41) is 5.85. The predicted octanol–water partition coefficient (Wildman–Crippen LogP) is 5.57. The van der Waals surface area contributed by atoms with Crippen LogP contribution in [0.2, 0.25) is 5.02 Å². The minimum Gasteiger partial charge on any atom is -0.451 e. The van der Waals surface area contributed by atoms with Crippen LogP contribution in [-0.4, -0.2) is 27.6 Å². The Balaban J connectivity index is 1.50. The molecule has 0 fully saturated rings. The summed E-state index contributed by atoms with van der Waals surface area (Å²) < 4.78 is 7.52. The van der Waals surface area contributed by atoms with E-state index in [1.807, 2.05) is 48.7 Å². The third-order valence-electron chi connectivity index (χ3n) is 5.53. The molecule has 34 heavy (non-hydrogen) atoms. The molecule has 6 nitrogen and oxygen atoms in total. The molecule has 1 amide bonds. The van der Waals surface area contributed by atoms with Gasteiger partial charge in [0.25, 0.3) is 5.91 Å². The predicted molar refractivity (Wildman–Crippen MR) is 132 cm³/mol. The van der Waals surface area contributed by atoms with Crippen molar-refractivity contribution in [3.8, 4) is 16.9 Å². The van der Waals surface area contributed by atoms with Crippen LogP contribution in [-0.2, 0) is 6.54 Å². The second-order valence-electron chi connectivity index (χ2n) is 7.92. The quantitative estimate of drug-likeness (QED) is 0.337. The molecule has 0 saturated carbocycles. The zero-order chi connectivity index (χ0) is 23.7. The number of para-hydroxylation sites is 2. The van der Waals surface area contributed by atoms with Gasteiger partial charge in [0, 0.05) is 42.0 Å². The van der Waals surface area contributed by atoms with Gasteiger partial charge in [-0.2, -0.15) is 5.10 Å². The third-order valence-corrected chi connectivity index (χ3v) is 5.78. The van der Waals surface area contributed by atoms with E-state index in [1.165, 1.54) is 11.0 Å².